The molecule has 0 bridgehead atoms. The predicted molar refractivity (Wildman–Crippen MR) is 128 cm³/mol. The molecule has 2 aromatic carbocycles. The fraction of sp³-hybridized carbons (Fsp3) is 0.440. The van der Waals surface area contributed by atoms with Gasteiger partial charge in [-0.15, -0.1) is 0 Å². The molecule has 1 fully saturated rings. The van der Waals surface area contributed by atoms with Gasteiger partial charge in [-0.3, -0.25) is 4.79 Å². The number of hydrogen-bond acceptors (Lipinski definition) is 5. The molecule has 1 aliphatic carbocycles. The molecule has 1 heterocycles. The van der Waals surface area contributed by atoms with E-state index in [-0.39, 0.29) is 12.1 Å². The smallest absolute Gasteiger partial charge is 0.223 e. The van der Waals surface area contributed by atoms with E-state index in [0.717, 1.165) is 22.4 Å². The molecule has 168 valence electrons. The third kappa shape index (κ3) is 6.45. The Labute approximate surface area is 185 Å². The van der Waals surface area contributed by atoms with Gasteiger partial charge in [0.1, 0.15) is 5.84 Å². The fourth-order valence-electron chi connectivity index (χ4n) is 3.48. The van der Waals surface area contributed by atoms with E-state index in [1.807, 2.05) is 68.4 Å². The maximum absolute atomic E-state index is 13.9. The first-order chi connectivity index (χ1) is 15.0. The summed E-state index contributed by atoms with van der Waals surface area (Å²) in [7, 11) is 8.06. The van der Waals surface area contributed by atoms with Gasteiger partial charge in [-0.2, -0.15) is 4.39 Å². The lowest BCUT2D eigenvalue weighted by atomic mass is 9.92. The van der Waals surface area contributed by atoms with Crippen LogP contribution >= 0.6 is 0 Å². The summed E-state index contributed by atoms with van der Waals surface area (Å²) in [4.78, 5) is 19.1. The van der Waals surface area contributed by atoms with Gasteiger partial charge in [-0.1, -0.05) is 48.9 Å². The summed E-state index contributed by atoms with van der Waals surface area (Å²) < 4.78 is 13.9. The third-order valence-corrected chi connectivity index (χ3v) is 5.49. The highest BCUT2D eigenvalue weighted by Crippen LogP contribution is 2.25. The van der Waals surface area contributed by atoms with Crippen LogP contribution in [-0.4, -0.2) is 69.2 Å². The van der Waals surface area contributed by atoms with E-state index in [1.54, 1.807) is 0 Å². The van der Waals surface area contributed by atoms with Crippen molar-refractivity contribution in [3.63, 3.8) is 0 Å². The molecule has 0 radical (unpaired) electrons. The molecule has 1 saturated carbocycles. The van der Waals surface area contributed by atoms with Crippen LogP contribution in [0.15, 0.2) is 59.0 Å². The van der Waals surface area contributed by atoms with Gasteiger partial charge in [0.15, 0.2) is 6.29 Å². The molecule has 2 aromatic rings. The number of hydrogen-bond donors (Lipinski definition) is 1. The highest BCUT2D eigenvalue weighted by molar-refractivity contribution is 6.10. The second kappa shape index (κ2) is 12.3. The molecule has 5 nitrogen and oxygen atoms in total. The van der Waals surface area contributed by atoms with Crippen molar-refractivity contribution in [3.05, 3.63) is 59.6 Å². The average Bonchev–Trinajstić information content (AvgIpc) is 2.72. The molecular formula is C25H35FN4O. The molecule has 0 unspecified atom stereocenters. The Morgan fingerprint density at radius 3 is 2.32 bits per heavy atom. The van der Waals surface area contributed by atoms with Gasteiger partial charge in [0, 0.05) is 18.2 Å². The molecule has 0 atom stereocenters. The summed E-state index contributed by atoms with van der Waals surface area (Å²) in [6, 6.07) is 14.7. The molecule has 0 amide bonds. The Morgan fingerprint density at radius 2 is 1.81 bits per heavy atom. The molecule has 1 N–H and O–H groups in total. The molecule has 1 aliphatic heterocycles. The zero-order valence-corrected chi connectivity index (χ0v) is 19.4. The monoisotopic (exact) mass is 426 g/mol. The number of likely N-dealkylation sites (N-methyl/N-ethyl adjacent to an activating group) is 1. The minimum atomic E-state index is -0.683. The number of halogens is 1. The number of rotatable bonds is 4. The van der Waals surface area contributed by atoms with Gasteiger partial charge < -0.3 is 15.1 Å². The Bertz CT molecular complexity index is 913. The van der Waals surface area contributed by atoms with Crippen LogP contribution in [0.4, 0.5) is 4.39 Å². The lowest BCUT2D eigenvalue weighted by Gasteiger charge is -2.31. The van der Waals surface area contributed by atoms with Crippen LogP contribution in [0.2, 0.25) is 0 Å². The normalized spacial score (nSPS) is 16.1. The number of nitrogens with one attached hydrogen (secondary N) is 1. The number of carbonyl (C=O) groups is 1. The van der Waals surface area contributed by atoms with E-state index in [1.165, 1.54) is 19.3 Å². The van der Waals surface area contributed by atoms with Crippen LogP contribution in [0, 0.1) is 0 Å². The van der Waals surface area contributed by atoms with E-state index >= 15 is 0 Å². The van der Waals surface area contributed by atoms with Crippen LogP contribution in [0.25, 0.3) is 10.8 Å². The highest BCUT2D eigenvalue weighted by atomic mass is 19.1. The van der Waals surface area contributed by atoms with Crippen LogP contribution in [0.1, 0.15) is 31.7 Å². The summed E-state index contributed by atoms with van der Waals surface area (Å²) in [5.74, 6) is -0.102. The average molecular weight is 427 g/mol. The van der Waals surface area contributed by atoms with E-state index in [2.05, 4.69) is 29.3 Å². The van der Waals surface area contributed by atoms with Crippen molar-refractivity contribution in [2.45, 2.75) is 32.2 Å². The predicted octanol–water partition coefficient (Wildman–Crippen LogP) is 4.24. The van der Waals surface area contributed by atoms with Gasteiger partial charge in [-0.05, 0) is 58.7 Å². The van der Waals surface area contributed by atoms with Crippen LogP contribution in [0.5, 0.6) is 0 Å². The lowest BCUT2D eigenvalue weighted by Crippen LogP contribution is -2.36. The quantitative estimate of drug-likeness (QED) is 0.587. The largest absolute Gasteiger partial charge is 0.352 e. The first-order valence-electron chi connectivity index (χ1n) is 10.9. The van der Waals surface area contributed by atoms with Crippen molar-refractivity contribution in [1.82, 2.24) is 15.1 Å². The standard InChI is InChI=1S/C17H15FN2O.C6H13N.C2H7N/c1-2-20-10-13(11-21)16(18)19-17(20)15-9-5-7-12-6-3-4-8-14(12)15;1-7(2)6-4-3-5-6;1-3-2/h3-9,11H,2,10H2,1H3;6H,3-5H2,1-2H3;3H,1-2H3. The van der Waals surface area contributed by atoms with Gasteiger partial charge in [0.05, 0.1) is 12.1 Å². The van der Waals surface area contributed by atoms with Crippen molar-refractivity contribution in [3.8, 4) is 0 Å². The second-order valence-corrected chi connectivity index (χ2v) is 7.96. The number of carbonyl (C=O) groups excluding carboxylic acids is 1. The number of amidine groups is 1. The van der Waals surface area contributed by atoms with E-state index < -0.39 is 5.95 Å². The van der Waals surface area contributed by atoms with Crippen molar-refractivity contribution >= 4 is 22.9 Å². The van der Waals surface area contributed by atoms with E-state index in [4.69, 9.17) is 0 Å². The molecule has 31 heavy (non-hydrogen) atoms. The molecule has 0 aromatic heterocycles. The molecular weight excluding hydrogens is 391 g/mol. The number of benzene rings is 2. The minimum absolute atomic E-state index is 0.0980. The summed E-state index contributed by atoms with van der Waals surface area (Å²) in [5, 5.41) is 4.86. The number of fused-ring (bicyclic) bond motifs is 1. The number of aldehydes is 1. The third-order valence-electron chi connectivity index (χ3n) is 5.49. The van der Waals surface area contributed by atoms with Crippen LogP contribution in [-0.2, 0) is 4.79 Å². The maximum atomic E-state index is 13.9. The van der Waals surface area contributed by atoms with Crippen molar-refractivity contribution in [1.29, 1.82) is 0 Å². The zero-order chi connectivity index (χ0) is 22.8. The summed E-state index contributed by atoms with van der Waals surface area (Å²) in [6.45, 7) is 2.88. The Balaban J connectivity index is 0.000000284. The van der Waals surface area contributed by atoms with E-state index in [9.17, 15) is 9.18 Å². The van der Waals surface area contributed by atoms with Crippen LogP contribution in [0.3, 0.4) is 0 Å². The van der Waals surface area contributed by atoms with Crippen molar-refractivity contribution in [2.24, 2.45) is 4.99 Å². The van der Waals surface area contributed by atoms with Gasteiger partial charge >= 0.3 is 0 Å². The van der Waals surface area contributed by atoms with Gasteiger partial charge in [-0.25, -0.2) is 4.99 Å². The Morgan fingerprint density at radius 1 is 1.16 bits per heavy atom. The summed E-state index contributed by atoms with van der Waals surface area (Å²) in [5.41, 5.74) is 0.982. The fourth-order valence-corrected chi connectivity index (χ4v) is 3.48. The zero-order valence-electron chi connectivity index (χ0n) is 19.4. The topological polar surface area (TPSA) is 47.9 Å². The summed E-state index contributed by atoms with van der Waals surface area (Å²) >= 11 is 0. The van der Waals surface area contributed by atoms with Crippen molar-refractivity contribution < 1.29 is 9.18 Å². The summed E-state index contributed by atoms with van der Waals surface area (Å²) in [6.07, 6.45) is 4.84. The number of nitrogens with zero attached hydrogens (tertiary/aromatic N) is 3. The van der Waals surface area contributed by atoms with Crippen molar-refractivity contribution in [2.75, 3.05) is 41.3 Å². The number of aliphatic imine (C=N–C) groups is 1. The second-order valence-electron chi connectivity index (χ2n) is 7.96. The molecule has 6 heteroatoms. The molecule has 0 saturated heterocycles. The van der Waals surface area contributed by atoms with Gasteiger partial charge in [0.2, 0.25) is 5.95 Å². The molecule has 4 rings (SSSR count). The maximum Gasteiger partial charge on any atom is 0.223 e. The first-order valence-corrected chi connectivity index (χ1v) is 10.9. The van der Waals surface area contributed by atoms with Gasteiger partial charge in [0.25, 0.3) is 0 Å². The Hall–Kier alpha value is -2.57. The minimum Gasteiger partial charge on any atom is -0.352 e. The first kappa shape index (κ1) is 24.7. The van der Waals surface area contributed by atoms with E-state index in [0.29, 0.717) is 18.7 Å². The lowest BCUT2D eigenvalue weighted by molar-refractivity contribution is -0.105. The molecule has 2 aliphatic rings. The van der Waals surface area contributed by atoms with Crippen LogP contribution < -0.4 is 5.32 Å². The highest BCUT2D eigenvalue weighted by Gasteiger charge is 2.23. The Kier molecular flexibility index (Phi) is 9.82. The molecule has 0 spiro atoms. The SMILES string of the molecule is CCN1CC(C=O)=C(F)N=C1c1cccc2ccccc12.CN(C)C1CCC1.CNC.